The molecule has 2 nitrogen and oxygen atoms in total. The smallest absolute Gasteiger partial charge is 0.0571 e. The molecule has 0 bridgehead atoms. The number of anilines is 1. The van der Waals surface area contributed by atoms with Crippen LogP contribution in [0.2, 0.25) is 0 Å². The predicted molar refractivity (Wildman–Crippen MR) is 61.6 cm³/mol. The molecule has 1 heterocycles. The third kappa shape index (κ3) is 1.56. The molecule has 0 aliphatic carbocycles. The highest BCUT2D eigenvalue weighted by Gasteiger charge is 2.05. The Morgan fingerprint density at radius 2 is 2.15 bits per heavy atom. The number of hydrogen-bond donors (Lipinski definition) is 0. The van der Waals surface area contributed by atoms with Crippen LogP contribution < -0.4 is 4.90 Å². The summed E-state index contributed by atoms with van der Waals surface area (Å²) in [7, 11) is 4.07. The molecule has 68 valence electrons. The Morgan fingerprint density at radius 3 is 2.85 bits per heavy atom. The van der Waals surface area contributed by atoms with Gasteiger partial charge in [0.1, 0.15) is 0 Å². The molecule has 1 aromatic heterocycles. The number of fused-ring (bicyclic) bond motifs is 1. The first-order valence-electron chi connectivity index (χ1n) is 3.90. The molecule has 0 amide bonds. The average Bonchev–Trinajstić information content (AvgIpc) is 2.48. The van der Waals surface area contributed by atoms with Crippen LogP contribution in [-0.2, 0) is 0 Å². The van der Waals surface area contributed by atoms with Gasteiger partial charge < -0.3 is 4.90 Å². The molecule has 0 aliphatic heterocycles. The van der Waals surface area contributed by atoms with Crippen LogP contribution in [0.4, 0.5) is 5.69 Å². The van der Waals surface area contributed by atoms with Gasteiger partial charge in [0.15, 0.2) is 0 Å². The highest BCUT2D eigenvalue weighted by atomic mass is 79.9. The van der Waals surface area contributed by atoms with Crippen LogP contribution >= 0.6 is 27.5 Å². The first-order chi connectivity index (χ1) is 6.18. The summed E-state index contributed by atoms with van der Waals surface area (Å²) >= 11 is 5.07. The minimum atomic E-state index is 1.12. The molecule has 13 heavy (non-hydrogen) atoms. The lowest BCUT2D eigenvalue weighted by atomic mass is 10.2. The minimum Gasteiger partial charge on any atom is -0.377 e. The van der Waals surface area contributed by atoms with E-state index in [9.17, 15) is 0 Å². The van der Waals surface area contributed by atoms with Crippen molar-refractivity contribution in [3.63, 3.8) is 0 Å². The summed E-state index contributed by atoms with van der Waals surface area (Å²) in [5.41, 5.74) is 1.19. The van der Waals surface area contributed by atoms with Gasteiger partial charge in [0, 0.05) is 30.2 Å². The van der Waals surface area contributed by atoms with Crippen molar-refractivity contribution in [1.29, 1.82) is 0 Å². The van der Waals surface area contributed by atoms with E-state index in [1.807, 2.05) is 20.3 Å². The van der Waals surface area contributed by atoms with Gasteiger partial charge in [0.25, 0.3) is 0 Å². The van der Waals surface area contributed by atoms with Gasteiger partial charge in [-0.15, -0.1) is 0 Å². The van der Waals surface area contributed by atoms with E-state index in [1.54, 1.807) is 0 Å². The molecule has 0 unspecified atom stereocenters. The van der Waals surface area contributed by atoms with Crippen molar-refractivity contribution in [1.82, 2.24) is 4.37 Å². The molecular weight excluding hydrogens is 248 g/mol. The standard InChI is InChI=1S/C9H9BrN2S/c1-12(2)8-4-9-6(3-7(8)10)5-11-13-9/h3-5H,1-2H3. The molecule has 0 saturated carbocycles. The fourth-order valence-electron chi connectivity index (χ4n) is 1.22. The van der Waals surface area contributed by atoms with Gasteiger partial charge in [-0.25, -0.2) is 0 Å². The van der Waals surface area contributed by atoms with Crippen molar-refractivity contribution in [3.8, 4) is 0 Å². The van der Waals surface area contributed by atoms with E-state index in [4.69, 9.17) is 0 Å². The van der Waals surface area contributed by atoms with Crippen molar-refractivity contribution in [3.05, 3.63) is 22.8 Å². The van der Waals surface area contributed by atoms with Crippen molar-refractivity contribution < 1.29 is 0 Å². The molecule has 2 rings (SSSR count). The number of aromatic nitrogens is 1. The second-order valence-corrected chi connectivity index (χ2v) is 4.75. The van der Waals surface area contributed by atoms with Crippen LogP contribution in [0, 0.1) is 0 Å². The van der Waals surface area contributed by atoms with E-state index < -0.39 is 0 Å². The van der Waals surface area contributed by atoms with Gasteiger partial charge in [-0.1, -0.05) is 0 Å². The van der Waals surface area contributed by atoms with Gasteiger partial charge in [-0.3, -0.25) is 0 Å². The van der Waals surface area contributed by atoms with Gasteiger partial charge in [0.2, 0.25) is 0 Å². The fraction of sp³-hybridized carbons (Fsp3) is 0.222. The first kappa shape index (κ1) is 8.97. The monoisotopic (exact) mass is 256 g/mol. The van der Waals surface area contributed by atoms with Crippen molar-refractivity contribution >= 4 is 43.2 Å². The molecule has 4 heteroatoms. The van der Waals surface area contributed by atoms with Crippen LogP contribution in [0.25, 0.3) is 10.1 Å². The van der Waals surface area contributed by atoms with Crippen molar-refractivity contribution in [2.24, 2.45) is 0 Å². The molecule has 0 saturated heterocycles. The molecule has 0 spiro atoms. The summed E-state index contributed by atoms with van der Waals surface area (Å²) in [5.74, 6) is 0. The average molecular weight is 257 g/mol. The second kappa shape index (κ2) is 3.27. The van der Waals surface area contributed by atoms with Crippen LogP contribution in [0.3, 0.4) is 0 Å². The Kier molecular flexibility index (Phi) is 2.26. The van der Waals surface area contributed by atoms with E-state index >= 15 is 0 Å². The summed E-state index contributed by atoms with van der Waals surface area (Å²) in [6.07, 6.45) is 1.89. The van der Waals surface area contributed by atoms with Crippen molar-refractivity contribution in [2.75, 3.05) is 19.0 Å². The Balaban J connectivity index is 2.69. The van der Waals surface area contributed by atoms with E-state index in [2.05, 4.69) is 37.3 Å². The Hall–Kier alpha value is -0.610. The lowest BCUT2D eigenvalue weighted by Gasteiger charge is -2.14. The van der Waals surface area contributed by atoms with E-state index in [0.29, 0.717) is 0 Å². The third-order valence-electron chi connectivity index (χ3n) is 1.90. The highest BCUT2D eigenvalue weighted by molar-refractivity contribution is 9.10. The molecule has 0 aliphatic rings. The Morgan fingerprint density at radius 1 is 1.38 bits per heavy atom. The summed E-state index contributed by atoms with van der Waals surface area (Å²) < 4.78 is 6.49. The van der Waals surface area contributed by atoms with Crippen LogP contribution in [-0.4, -0.2) is 18.5 Å². The minimum absolute atomic E-state index is 1.12. The fourth-order valence-corrected chi connectivity index (χ4v) is 2.60. The van der Waals surface area contributed by atoms with Crippen LogP contribution in [0.1, 0.15) is 0 Å². The summed E-state index contributed by atoms with van der Waals surface area (Å²) in [4.78, 5) is 2.09. The molecular formula is C9H9BrN2S. The third-order valence-corrected chi connectivity index (χ3v) is 3.30. The number of halogens is 1. The quantitative estimate of drug-likeness (QED) is 0.780. The maximum atomic E-state index is 4.15. The SMILES string of the molecule is CN(C)c1cc2sncc2cc1Br. The summed E-state index contributed by atoms with van der Waals surface area (Å²) in [5, 5.41) is 1.20. The van der Waals surface area contributed by atoms with Gasteiger partial charge in [-0.2, -0.15) is 4.37 Å². The largest absolute Gasteiger partial charge is 0.377 e. The van der Waals surface area contributed by atoms with E-state index in [-0.39, 0.29) is 0 Å². The Bertz CT molecular complexity index is 436. The van der Waals surface area contributed by atoms with Crippen LogP contribution in [0.15, 0.2) is 22.8 Å². The first-order valence-corrected chi connectivity index (χ1v) is 5.46. The molecule has 0 fully saturated rings. The topological polar surface area (TPSA) is 16.1 Å². The molecule has 0 atom stereocenters. The number of hydrogen-bond acceptors (Lipinski definition) is 3. The lowest BCUT2D eigenvalue weighted by Crippen LogP contribution is -2.08. The number of nitrogens with zero attached hydrogens (tertiary/aromatic N) is 2. The molecule has 1 aromatic carbocycles. The summed E-state index contributed by atoms with van der Waals surface area (Å²) in [6.45, 7) is 0. The molecule has 2 aromatic rings. The molecule has 0 radical (unpaired) electrons. The second-order valence-electron chi connectivity index (χ2n) is 3.06. The van der Waals surface area contributed by atoms with E-state index in [0.717, 1.165) is 4.47 Å². The summed E-state index contributed by atoms with van der Waals surface area (Å²) in [6, 6.07) is 4.26. The van der Waals surface area contributed by atoms with Gasteiger partial charge in [-0.05, 0) is 39.6 Å². The predicted octanol–water partition coefficient (Wildman–Crippen LogP) is 3.12. The Labute approximate surface area is 89.5 Å². The molecule has 0 N–H and O–H groups in total. The number of rotatable bonds is 1. The van der Waals surface area contributed by atoms with Crippen molar-refractivity contribution in [2.45, 2.75) is 0 Å². The number of benzene rings is 1. The maximum Gasteiger partial charge on any atom is 0.0571 e. The lowest BCUT2D eigenvalue weighted by molar-refractivity contribution is 1.13. The maximum absolute atomic E-state index is 4.15. The zero-order valence-electron chi connectivity index (χ0n) is 7.41. The normalized spacial score (nSPS) is 10.7. The van der Waals surface area contributed by atoms with Gasteiger partial charge in [0.05, 0.1) is 10.4 Å². The van der Waals surface area contributed by atoms with Crippen LogP contribution in [0.5, 0.6) is 0 Å². The zero-order chi connectivity index (χ0) is 9.42. The highest BCUT2D eigenvalue weighted by Crippen LogP contribution is 2.31. The van der Waals surface area contributed by atoms with E-state index in [1.165, 1.54) is 27.3 Å². The zero-order valence-corrected chi connectivity index (χ0v) is 9.82. The van der Waals surface area contributed by atoms with Gasteiger partial charge >= 0.3 is 0 Å².